The number of carbonyl (C=O) groups excluding carboxylic acids is 1. The van der Waals surface area contributed by atoms with E-state index in [-0.39, 0.29) is 11.6 Å². The minimum Gasteiger partial charge on any atom is -0.393 e. The minimum atomic E-state index is -3.36. The number of aromatic nitrogens is 2. The molecule has 0 radical (unpaired) electrons. The second-order valence-electron chi connectivity index (χ2n) is 7.40. The van der Waals surface area contributed by atoms with Crippen molar-refractivity contribution in [2.24, 2.45) is 4.99 Å². The Hall–Kier alpha value is -4.46. The quantitative estimate of drug-likeness (QED) is 0.169. The number of ether oxygens (including phenoxy) is 1. The van der Waals surface area contributed by atoms with Gasteiger partial charge in [0.1, 0.15) is 11.3 Å². The molecule has 0 aliphatic rings. The van der Waals surface area contributed by atoms with Gasteiger partial charge in [-0.05, 0) is 22.9 Å². The summed E-state index contributed by atoms with van der Waals surface area (Å²) >= 11 is 0. The zero-order chi connectivity index (χ0) is 23.7. The van der Waals surface area contributed by atoms with Crippen molar-refractivity contribution in [1.29, 1.82) is 0 Å². The maximum Gasteiger partial charge on any atom is 0.390 e. The molecule has 0 bridgehead atoms. The molecule has 0 saturated heterocycles. The van der Waals surface area contributed by atoms with E-state index in [9.17, 15) is 18.0 Å². The van der Waals surface area contributed by atoms with Crippen LogP contribution < -0.4 is 0 Å². The first-order valence-corrected chi connectivity index (χ1v) is 10.3. The van der Waals surface area contributed by atoms with Gasteiger partial charge in [-0.3, -0.25) is 9.20 Å². The molecule has 0 spiro atoms. The van der Waals surface area contributed by atoms with Crippen molar-refractivity contribution in [2.45, 2.75) is 6.61 Å². The third-order valence-corrected chi connectivity index (χ3v) is 5.32. The smallest absolute Gasteiger partial charge is 0.390 e. The Balaban J connectivity index is 1.76. The maximum absolute atomic E-state index is 14.1. The number of aliphatic imine (C=N–C) groups is 1. The molecule has 5 aromatic rings. The van der Waals surface area contributed by atoms with Gasteiger partial charge in [0.15, 0.2) is 11.6 Å². The summed E-state index contributed by atoms with van der Waals surface area (Å²) in [6.45, 7) is -3.36. The molecule has 3 aromatic carbocycles. The molecule has 0 aliphatic heterocycles. The minimum absolute atomic E-state index is 0.154. The summed E-state index contributed by atoms with van der Waals surface area (Å²) < 4.78 is 44.5. The molecule has 0 atom stereocenters. The Morgan fingerprint density at radius 1 is 0.882 bits per heavy atom. The van der Waals surface area contributed by atoms with E-state index < -0.39 is 12.8 Å². The highest BCUT2D eigenvalue weighted by atomic mass is 19.3. The number of pyridine rings is 1. The van der Waals surface area contributed by atoms with E-state index >= 15 is 0 Å². The van der Waals surface area contributed by atoms with Gasteiger partial charge in [-0.25, -0.2) is 4.98 Å². The molecule has 5 nitrogen and oxygen atoms in total. The number of alkyl halides is 2. The van der Waals surface area contributed by atoms with Crippen LogP contribution >= 0.6 is 0 Å². The first-order valence-electron chi connectivity index (χ1n) is 10.3. The van der Waals surface area contributed by atoms with E-state index in [4.69, 9.17) is 0 Å². The lowest BCUT2D eigenvalue weighted by Gasteiger charge is -2.09. The molecule has 0 saturated carbocycles. The lowest BCUT2D eigenvalue weighted by Crippen LogP contribution is -2.04. The summed E-state index contributed by atoms with van der Waals surface area (Å²) in [5, 5.41) is 1.73. The van der Waals surface area contributed by atoms with Gasteiger partial charge < -0.3 is 4.74 Å². The van der Waals surface area contributed by atoms with Gasteiger partial charge in [0, 0.05) is 22.9 Å². The molecule has 0 amide bonds. The highest BCUT2D eigenvalue weighted by molar-refractivity contribution is 6.09. The van der Waals surface area contributed by atoms with Crippen LogP contribution in [0.2, 0.25) is 0 Å². The number of carbonyl (C=O) groups is 1. The standard InChI is InChI=1S/C26H16F3N3O2/c27-25(28)34-26(29)31-24-22(20-12-6-10-16-7-4-5-11-19(16)20)32-15-18(13-14-21(32)30-24)23(33)17-8-2-1-3-9-17/h1-15,25H. The fourth-order valence-corrected chi connectivity index (χ4v) is 3.87. The second-order valence-corrected chi connectivity index (χ2v) is 7.40. The van der Waals surface area contributed by atoms with Gasteiger partial charge in [0.25, 0.3) is 0 Å². The highest BCUT2D eigenvalue weighted by Gasteiger charge is 2.20. The van der Waals surface area contributed by atoms with Gasteiger partial charge in [-0.2, -0.15) is 13.8 Å². The number of fused-ring (bicyclic) bond motifs is 2. The number of hydrogen-bond acceptors (Lipinski definition) is 4. The Kier molecular flexibility index (Phi) is 5.55. The number of halogens is 3. The van der Waals surface area contributed by atoms with Crippen LogP contribution in [-0.2, 0) is 4.74 Å². The van der Waals surface area contributed by atoms with Gasteiger partial charge in [-0.15, -0.1) is 4.39 Å². The SMILES string of the molecule is O=C(c1ccccc1)c1ccc2nc(N=C(F)OC(F)F)c(-c3cccc4ccccc34)n2c1. The largest absolute Gasteiger partial charge is 0.393 e. The van der Waals surface area contributed by atoms with Gasteiger partial charge in [0.2, 0.25) is 0 Å². The van der Waals surface area contributed by atoms with E-state index in [1.807, 2.05) is 42.5 Å². The molecule has 0 unspecified atom stereocenters. The molecule has 0 N–H and O–H groups in total. The molecule has 34 heavy (non-hydrogen) atoms. The molecule has 2 aromatic heterocycles. The van der Waals surface area contributed by atoms with Crippen LogP contribution in [0.3, 0.4) is 0 Å². The van der Waals surface area contributed by atoms with Crippen LogP contribution in [0.5, 0.6) is 0 Å². The summed E-state index contributed by atoms with van der Waals surface area (Å²) in [5.74, 6) is -0.365. The lowest BCUT2D eigenvalue weighted by molar-refractivity contribution is -0.0688. The third-order valence-electron chi connectivity index (χ3n) is 5.32. The molecule has 168 valence electrons. The van der Waals surface area contributed by atoms with Crippen LogP contribution in [-0.4, -0.2) is 27.9 Å². The average Bonchev–Trinajstić information content (AvgIpc) is 3.19. The number of nitrogens with zero attached hydrogens (tertiary/aromatic N) is 3. The molecular weight excluding hydrogens is 443 g/mol. The van der Waals surface area contributed by atoms with Crippen LogP contribution in [0, 0.1) is 0 Å². The predicted molar refractivity (Wildman–Crippen MR) is 123 cm³/mol. The Morgan fingerprint density at radius 3 is 2.41 bits per heavy atom. The number of ketones is 1. The lowest BCUT2D eigenvalue weighted by atomic mass is 10.0. The van der Waals surface area contributed by atoms with Crippen LogP contribution in [0.15, 0.2) is 96.1 Å². The zero-order valence-corrected chi connectivity index (χ0v) is 17.5. The van der Waals surface area contributed by atoms with Crippen LogP contribution in [0.1, 0.15) is 15.9 Å². The number of benzene rings is 3. The van der Waals surface area contributed by atoms with Crippen molar-refractivity contribution >= 4 is 34.2 Å². The van der Waals surface area contributed by atoms with Crippen molar-refractivity contribution in [2.75, 3.05) is 0 Å². The first-order chi connectivity index (χ1) is 16.5. The fraction of sp³-hybridized carbons (Fsp3) is 0.0385. The monoisotopic (exact) mass is 459 g/mol. The molecular formula is C26H16F3N3O2. The molecule has 0 fully saturated rings. The van der Waals surface area contributed by atoms with Crippen molar-refractivity contribution < 1.29 is 22.7 Å². The Morgan fingerprint density at radius 2 is 1.62 bits per heavy atom. The zero-order valence-electron chi connectivity index (χ0n) is 17.5. The van der Waals surface area contributed by atoms with E-state index in [1.165, 1.54) is 0 Å². The molecule has 2 heterocycles. The normalized spacial score (nSPS) is 11.9. The van der Waals surface area contributed by atoms with Gasteiger partial charge in [-0.1, -0.05) is 72.8 Å². The summed E-state index contributed by atoms with van der Waals surface area (Å²) in [7, 11) is 0. The van der Waals surface area contributed by atoms with E-state index in [1.54, 1.807) is 53.1 Å². The molecule has 8 heteroatoms. The van der Waals surface area contributed by atoms with E-state index in [0.717, 1.165) is 10.8 Å². The average molecular weight is 459 g/mol. The Labute approximate surface area is 191 Å². The fourth-order valence-electron chi connectivity index (χ4n) is 3.87. The molecule has 0 aliphatic carbocycles. The number of rotatable bonds is 5. The first kappa shape index (κ1) is 21.4. The van der Waals surface area contributed by atoms with Crippen molar-refractivity contribution in [3.8, 4) is 11.3 Å². The van der Waals surface area contributed by atoms with E-state index in [2.05, 4.69) is 14.7 Å². The third kappa shape index (κ3) is 4.01. The van der Waals surface area contributed by atoms with Crippen molar-refractivity contribution in [3.05, 3.63) is 102 Å². The predicted octanol–water partition coefficient (Wildman–Crippen LogP) is 6.58. The summed E-state index contributed by atoms with van der Waals surface area (Å²) in [5.41, 5.74) is 2.21. The van der Waals surface area contributed by atoms with E-state index in [0.29, 0.717) is 28.0 Å². The summed E-state index contributed by atoms with van der Waals surface area (Å²) in [4.78, 5) is 20.9. The second kappa shape index (κ2) is 8.82. The van der Waals surface area contributed by atoms with Gasteiger partial charge >= 0.3 is 12.8 Å². The van der Waals surface area contributed by atoms with Crippen molar-refractivity contribution in [1.82, 2.24) is 9.38 Å². The summed E-state index contributed by atoms with van der Waals surface area (Å²) in [6, 6.07) is 25.0. The topological polar surface area (TPSA) is 56.0 Å². The maximum atomic E-state index is 14.1. The summed E-state index contributed by atoms with van der Waals surface area (Å²) in [6.07, 6.45) is -0.125. The van der Waals surface area contributed by atoms with Gasteiger partial charge in [0.05, 0.1) is 0 Å². The van der Waals surface area contributed by atoms with Crippen LogP contribution in [0.4, 0.5) is 19.0 Å². The Bertz CT molecular complexity index is 1540. The highest BCUT2D eigenvalue weighted by Crippen LogP contribution is 2.36. The number of hydrogen-bond donors (Lipinski definition) is 0. The number of imidazole rings is 1. The molecule has 5 rings (SSSR count). The van der Waals surface area contributed by atoms with Crippen LogP contribution in [0.25, 0.3) is 27.7 Å². The van der Waals surface area contributed by atoms with Crippen molar-refractivity contribution in [3.63, 3.8) is 0 Å².